The Morgan fingerprint density at radius 2 is 2.21 bits per heavy atom. The molecule has 5 N–H and O–H groups in total. The van der Waals surface area contributed by atoms with Gasteiger partial charge < -0.3 is 21.5 Å². The lowest BCUT2D eigenvalue weighted by Gasteiger charge is -2.19. The van der Waals surface area contributed by atoms with E-state index in [1.807, 2.05) is 0 Å². The number of nitro groups is 1. The summed E-state index contributed by atoms with van der Waals surface area (Å²) in [5.41, 5.74) is 6.65. The van der Waals surface area contributed by atoms with Crippen molar-refractivity contribution < 1.29 is 19.6 Å². The van der Waals surface area contributed by atoms with Crippen molar-refractivity contribution in [3.05, 3.63) is 33.4 Å². The number of carbonyl (C=O) groups is 2. The van der Waals surface area contributed by atoms with Crippen LogP contribution in [0.5, 0.6) is 0 Å². The van der Waals surface area contributed by atoms with Gasteiger partial charge in [0.2, 0.25) is 0 Å². The van der Waals surface area contributed by atoms with Crippen LogP contribution in [-0.4, -0.2) is 45.1 Å². The average Bonchev–Trinajstić information content (AvgIpc) is 3.17. The Bertz CT molecular complexity index is 808. The molecule has 9 nitrogen and oxygen atoms in total. The van der Waals surface area contributed by atoms with Crippen LogP contribution < -0.4 is 16.4 Å². The summed E-state index contributed by atoms with van der Waals surface area (Å²) in [4.78, 5) is 34.1. The Labute approximate surface area is 174 Å². The molecule has 0 spiro atoms. The first-order valence-electron chi connectivity index (χ1n) is 8.86. The van der Waals surface area contributed by atoms with E-state index in [0.717, 1.165) is 12.2 Å². The number of alkyl halides is 1. The number of nitro benzene ring substituents is 1. The van der Waals surface area contributed by atoms with E-state index < -0.39 is 16.8 Å². The van der Waals surface area contributed by atoms with E-state index >= 15 is 0 Å². The summed E-state index contributed by atoms with van der Waals surface area (Å²) < 4.78 is 0. The number of nitrogens with two attached hydrogens (primary N) is 1. The predicted molar refractivity (Wildman–Crippen MR) is 110 cm³/mol. The number of rotatable bonds is 8. The normalized spacial score (nSPS) is 24.3. The van der Waals surface area contributed by atoms with Crippen LogP contribution in [0.4, 0.5) is 16.2 Å². The number of urea groups is 1. The first-order valence-corrected chi connectivity index (χ1v) is 11.0. The molecule has 2 fully saturated rings. The number of anilines is 1. The third-order valence-corrected chi connectivity index (χ3v) is 7.30. The monoisotopic (exact) mass is 472 g/mol. The van der Waals surface area contributed by atoms with Gasteiger partial charge in [-0.05, 0) is 24.5 Å². The number of hydrogen-bond acceptors (Lipinski definition) is 6. The minimum Gasteiger partial charge on any atom is -0.481 e. The fraction of sp³-hybridized carbons (Fsp3) is 0.529. The maximum atomic E-state index is 11.8. The average molecular weight is 473 g/mol. The van der Waals surface area contributed by atoms with Crippen LogP contribution in [0.3, 0.4) is 0 Å². The fourth-order valence-corrected chi connectivity index (χ4v) is 5.96. The summed E-state index contributed by atoms with van der Waals surface area (Å²) in [6, 6.07) is 2.86. The van der Waals surface area contributed by atoms with Crippen molar-refractivity contribution in [1.29, 1.82) is 0 Å². The van der Waals surface area contributed by atoms with E-state index in [1.54, 1.807) is 11.8 Å². The number of carboxylic acid groups (broad SMARTS) is 1. The molecule has 1 unspecified atom stereocenters. The van der Waals surface area contributed by atoms with Crippen LogP contribution in [-0.2, 0) is 10.1 Å². The van der Waals surface area contributed by atoms with E-state index in [2.05, 4.69) is 26.6 Å². The lowest BCUT2D eigenvalue weighted by molar-refractivity contribution is -0.385. The van der Waals surface area contributed by atoms with Crippen molar-refractivity contribution in [2.45, 2.75) is 47.8 Å². The number of carbonyl (C=O) groups excluding carboxylic acids is 1. The van der Waals surface area contributed by atoms with Gasteiger partial charge in [0.05, 0.1) is 28.5 Å². The topological polar surface area (TPSA) is 148 Å². The number of carboxylic acids is 1. The standard InChI is InChI=1S/C17H21BrN4O5S/c18-6-10-11(19)4-8(5-13(10)22(26)27)9(16(23)24)2-1-3-14-15-12(7-28-14)20-17(25)21-15/h4-5,9,12,14-15H,1-3,6-7,19H2,(H,23,24)(H2,20,21,25)/t9?,12-,14-,15-/m0/s1. The molecule has 2 heterocycles. The predicted octanol–water partition coefficient (Wildman–Crippen LogP) is 2.58. The minimum atomic E-state index is -1.03. The number of nitrogens with zero attached hydrogens (tertiary/aromatic N) is 1. The second-order valence-corrected chi connectivity index (χ2v) is 8.78. The first-order chi connectivity index (χ1) is 13.3. The largest absolute Gasteiger partial charge is 0.481 e. The van der Waals surface area contributed by atoms with Crippen LogP contribution in [0.25, 0.3) is 0 Å². The van der Waals surface area contributed by atoms with Crippen LogP contribution >= 0.6 is 27.7 Å². The molecular weight excluding hydrogens is 452 g/mol. The highest BCUT2D eigenvalue weighted by Crippen LogP contribution is 2.36. The van der Waals surface area contributed by atoms with Crippen LogP contribution in [0.1, 0.15) is 36.3 Å². The zero-order valence-electron chi connectivity index (χ0n) is 14.9. The summed E-state index contributed by atoms with van der Waals surface area (Å²) in [6.45, 7) is 0. The van der Waals surface area contributed by atoms with E-state index in [1.165, 1.54) is 12.1 Å². The lowest BCUT2D eigenvalue weighted by atomic mass is 9.90. The van der Waals surface area contributed by atoms with Crippen LogP contribution in [0.15, 0.2) is 12.1 Å². The van der Waals surface area contributed by atoms with Gasteiger partial charge in [0, 0.05) is 28.1 Å². The molecule has 1 aromatic carbocycles. The Hall–Kier alpha value is -2.01. The number of nitrogen functional groups attached to an aromatic ring is 1. The molecule has 0 radical (unpaired) electrons. The summed E-state index contributed by atoms with van der Waals surface area (Å²) in [6.07, 6.45) is 1.73. The second kappa shape index (κ2) is 8.56. The van der Waals surface area contributed by atoms with Crippen molar-refractivity contribution in [3.8, 4) is 0 Å². The van der Waals surface area contributed by atoms with Gasteiger partial charge in [-0.2, -0.15) is 11.8 Å². The van der Waals surface area contributed by atoms with Gasteiger partial charge >= 0.3 is 12.0 Å². The van der Waals surface area contributed by atoms with E-state index in [9.17, 15) is 24.8 Å². The molecule has 2 aliphatic rings. The number of amides is 2. The Morgan fingerprint density at radius 1 is 1.46 bits per heavy atom. The minimum absolute atomic E-state index is 0.0655. The maximum absolute atomic E-state index is 11.8. The van der Waals surface area contributed by atoms with Gasteiger partial charge in [-0.3, -0.25) is 14.9 Å². The van der Waals surface area contributed by atoms with Crippen LogP contribution in [0, 0.1) is 10.1 Å². The molecule has 11 heteroatoms. The first kappa shape index (κ1) is 20.7. The molecule has 152 valence electrons. The van der Waals surface area contributed by atoms with Crippen LogP contribution in [0.2, 0.25) is 0 Å². The fourth-order valence-electron chi connectivity index (χ4n) is 3.81. The molecule has 0 bridgehead atoms. The Balaban J connectivity index is 1.70. The number of halogens is 1. The zero-order valence-corrected chi connectivity index (χ0v) is 17.3. The number of benzene rings is 1. The highest BCUT2D eigenvalue weighted by molar-refractivity contribution is 9.08. The van der Waals surface area contributed by atoms with E-state index in [0.29, 0.717) is 24.0 Å². The molecule has 2 amide bonds. The SMILES string of the molecule is Nc1cc(C(CCC[C@@H]2SC[C@@H]3NC(=O)N[C@@H]32)C(=O)O)cc([N+](=O)[O-])c1CBr. The molecule has 0 saturated carbocycles. The van der Waals surface area contributed by atoms with Gasteiger partial charge in [-0.15, -0.1) is 0 Å². The van der Waals surface area contributed by atoms with Crippen molar-refractivity contribution in [3.63, 3.8) is 0 Å². The smallest absolute Gasteiger partial charge is 0.315 e. The summed E-state index contributed by atoms with van der Waals surface area (Å²) in [5.74, 6) is -1.07. The molecule has 2 saturated heterocycles. The molecule has 0 aromatic heterocycles. The second-order valence-electron chi connectivity index (χ2n) is 6.94. The van der Waals surface area contributed by atoms with Crippen molar-refractivity contribution >= 4 is 51.1 Å². The molecule has 2 aliphatic heterocycles. The molecule has 4 atom stereocenters. The zero-order chi connectivity index (χ0) is 20.4. The molecule has 28 heavy (non-hydrogen) atoms. The highest BCUT2D eigenvalue weighted by Gasteiger charge is 2.42. The molecule has 0 aliphatic carbocycles. The quantitative estimate of drug-likeness (QED) is 0.149. The van der Waals surface area contributed by atoms with Crippen molar-refractivity contribution in [1.82, 2.24) is 10.6 Å². The summed E-state index contributed by atoms with van der Waals surface area (Å²) >= 11 is 4.95. The van der Waals surface area contributed by atoms with Gasteiger partial charge in [-0.1, -0.05) is 22.4 Å². The van der Waals surface area contributed by atoms with Crippen molar-refractivity contribution in [2.75, 3.05) is 11.5 Å². The van der Waals surface area contributed by atoms with Gasteiger partial charge in [0.25, 0.3) is 5.69 Å². The van der Waals surface area contributed by atoms with Crippen molar-refractivity contribution in [2.24, 2.45) is 0 Å². The summed E-state index contributed by atoms with van der Waals surface area (Å²) in [7, 11) is 0. The van der Waals surface area contributed by atoms with Gasteiger partial charge in [-0.25, -0.2) is 4.79 Å². The molecule has 3 rings (SSSR count). The Kier molecular flexibility index (Phi) is 6.33. The lowest BCUT2D eigenvalue weighted by Crippen LogP contribution is -2.36. The Morgan fingerprint density at radius 3 is 2.86 bits per heavy atom. The number of fused-ring (bicyclic) bond motifs is 1. The molecule has 1 aromatic rings. The number of aliphatic carboxylic acids is 1. The maximum Gasteiger partial charge on any atom is 0.315 e. The summed E-state index contributed by atoms with van der Waals surface area (Å²) in [5, 5.41) is 27.2. The number of thioether (sulfide) groups is 1. The van der Waals surface area contributed by atoms with E-state index in [4.69, 9.17) is 5.73 Å². The van der Waals surface area contributed by atoms with Gasteiger partial charge in [0.15, 0.2) is 0 Å². The molecular formula is C17H21BrN4O5S. The van der Waals surface area contributed by atoms with E-state index in [-0.39, 0.29) is 40.1 Å². The van der Waals surface area contributed by atoms with Gasteiger partial charge in [0.1, 0.15) is 0 Å². The third-order valence-electron chi connectivity index (χ3n) is 5.23. The third kappa shape index (κ3) is 4.19. The number of hydrogen-bond donors (Lipinski definition) is 4. The number of nitrogens with one attached hydrogen (secondary N) is 2. The highest BCUT2D eigenvalue weighted by atomic mass is 79.9.